The van der Waals surface area contributed by atoms with Crippen LogP contribution in [0.25, 0.3) is 0 Å². The van der Waals surface area contributed by atoms with E-state index in [1.165, 1.54) is 0 Å². The van der Waals surface area contributed by atoms with E-state index in [2.05, 4.69) is 0 Å². The summed E-state index contributed by atoms with van der Waals surface area (Å²) in [5.74, 6) is -0.309. The highest BCUT2D eigenvalue weighted by atomic mass is 14.5. The van der Waals surface area contributed by atoms with Gasteiger partial charge >= 0.3 is 0 Å². The Morgan fingerprint density at radius 2 is 1.50 bits per heavy atom. The Hall–Kier alpha value is -2.04. The molecule has 0 aromatic rings. The van der Waals surface area contributed by atoms with Crippen molar-refractivity contribution < 1.29 is 0 Å². The standard InChI is InChI=1S/C12H14N4/c1-10(5-4-6-13)12(8-15,9-16)11(2,3)7-14/h10H,4-5H2,1-3H3. The first-order valence-corrected chi connectivity index (χ1v) is 5.02. The Morgan fingerprint density at radius 1 is 1.00 bits per heavy atom. The van der Waals surface area contributed by atoms with Gasteiger partial charge in [0.15, 0.2) is 5.41 Å². The molecule has 82 valence electrons. The number of hydrogen-bond donors (Lipinski definition) is 0. The predicted octanol–water partition coefficient (Wildman–Crippen LogP) is 2.51. The lowest BCUT2D eigenvalue weighted by Gasteiger charge is -2.35. The molecule has 0 spiro atoms. The van der Waals surface area contributed by atoms with E-state index in [1.807, 2.05) is 24.3 Å². The van der Waals surface area contributed by atoms with Gasteiger partial charge in [-0.1, -0.05) is 6.92 Å². The van der Waals surface area contributed by atoms with Crippen LogP contribution in [0.4, 0.5) is 0 Å². The molecular weight excluding hydrogens is 200 g/mol. The fourth-order valence-electron chi connectivity index (χ4n) is 1.73. The Kier molecular flexibility index (Phi) is 4.50. The highest BCUT2D eigenvalue weighted by Gasteiger charge is 2.50. The summed E-state index contributed by atoms with van der Waals surface area (Å²) in [6.45, 7) is 4.91. The molecule has 0 aliphatic carbocycles. The monoisotopic (exact) mass is 214 g/mol. The van der Waals surface area contributed by atoms with Gasteiger partial charge in [-0.3, -0.25) is 0 Å². The van der Waals surface area contributed by atoms with Gasteiger partial charge < -0.3 is 0 Å². The zero-order valence-corrected chi connectivity index (χ0v) is 9.78. The van der Waals surface area contributed by atoms with Gasteiger partial charge in [-0.25, -0.2) is 0 Å². The lowest BCUT2D eigenvalue weighted by atomic mass is 9.60. The zero-order valence-electron chi connectivity index (χ0n) is 9.78. The van der Waals surface area contributed by atoms with Crippen molar-refractivity contribution in [2.75, 3.05) is 0 Å². The van der Waals surface area contributed by atoms with Gasteiger partial charge in [0.1, 0.15) is 0 Å². The molecule has 0 radical (unpaired) electrons. The molecule has 0 aliphatic rings. The molecule has 1 unspecified atom stereocenters. The van der Waals surface area contributed by atoms with Gasteiger partial charge in [0.05, 0.1) is 29.7 Å². The lowest BCUT2D eigenvalue weighted by Crippen LogP contribution is -2.40. The summed E-state index contributed by atoms with van der Waals surface area (Å²) in [6.07, 6.45) is 0.733. The van der Waals surface area contributed by atoms with Crippen LogP contribution in [-0.2, 0) is 0 Å². The molecular formula is C12H14N4. The second-order valence-corrected chi connectivity index (χ2v) is 4.37. The number of rotatable bonds is 4. The van der Waals surface area contributed by atoms with Gasteiger partial charge in [0.2, 0.25) is 0 Å². The van der Waals surface area contributed by atoms with Crippen LogP contribution < -0.4 is 0 Å². The number of hydrogen-bond acceptors (Lipinski definition) is 4. The average molecular weight is 214 g/mol. The summed E-state index contributed by atoms with van der Waals surface area (Å²) in [4.78, 5) is 0. The molecule has 0 bridgehead atoms. The highest BCUT2D eigenvalue weighted by Crippen LogP contribution is 2.45. The quantitative estimate of drug-likeness (QED) is 0.718. The smallest absolute Gasteiger partial charge is 0.164 e. The summed E-state index contributed by atoms with van der Waals surface area (Å²) >= 11 is 0. The van der Waals surface area contributed by atoms with E-state index < -0.39 is 10.8 Å². The van der Waals surface area contributed by atoms with Crippen LogP contribution in [0.5, 0.6) is 0 Å². The minimum atomic E-state index is -1.36. The Balaban J connectivity index is 5.35. The molecule has 0 rings (SSSR count). The molecule has 16 heavy (non-hydrogen) atoms. The third-order valence-corrected chi connectivity index (χ3v) is 3.05. The summed E-state index contributed by atoms with van der Waals surface area (Å²) in [6, 6.07) is 7.94. The van der Waals surface area contributed by atoms with Crippen LogP contribution in [-0.4, -0.2) is 0 Å². The minimum Gasteiger partial charge on any atom is -0.198 e. The first-order chi connectivity index (χ1) is 7.41. The fourth-order valence-corrected chi connectivity index (χ4v) is 1.73. The molecule has 1 atom stereocenters. The number of nitriles is 4. The maximum Gasteiger partial charge on any atom is 0.164 e. The molecule has 4 nitrogen and oxygen atoms in total. The van der Waals surface area contributed by atoms with Gasteiger partial charge in [0.25, 0.3) is 0 Å². The lowest BCUT2D eigenvalue weighted by molar-refractivity contribution is 0.179. The molecule has 0 aromatic heterocycles. The van der Waals surface area contributed by atoms with E-state index >= 15 is 0 Å². The van der Waals surface area contributed by atoms with Crippen molar-refractivity contribution in [1.29, 1.82) is 21.0 Å². The van der Waals surface area contributed by atoms with Gasteiger partial charge in [0, 0.05) is 6.42 Å². The third kappa shape index (κ3) is 2.13. The topological polar surface area (TPSA) is 95.2 Å². The highest BCUT2D eigenvalue weighted by molar-refractivity contribution is 5.26. The van der Waals surface area contributed by atoms with Crippen molar-refractivity contribution in [2.45, 2.75) is 33.6 Å². The Bertz CT molecular complexity index is 394. The van der Waals surface area contributed by atoms with E-state index in [0.717, 1.165) is 0 Å². The summed E-state index contributed by atoms with van der Waals surface area (Å²) in [7, 11) is 0. The maximum absolute atomic E-state index is 9.21. The maximum atomic E-state index is 9.21. The second-order valence-electron chi connectivity index (χ2n) is 4.37. The summed E-state index contributed by atoms with van der Waals surface area (Å²) < 4.78 is 0. The van der Waals surface area contributed by atoms with Gasteiger partial charge in [-0.05, 0) is 26.2 Å². The van der Waals surface area contributed by atoms with Crippen LogP contribution in [0, 0.1) is 62.1 Å². The molecule has 0 fully saturated rings. The van der Waals surface area contributed by atoms with Crippen molar-refractivity contribution in [3.63, 3.8) is 0 Å². The molecule has 0 heterocycles. The normalized spacial score (nSPS) is 12.7. The molecule has 4 heteroatoms. The van der Waals surface area contributed by atoms with E-state index in [-0.39, 0.29) is 12.3 Å². The van der Waals surface area contributed by atoms with Gasteiger partial charge in [-0.2, -0.15) is 21.0 Å². The molecule has 0 aliphatic heterocycles. The molecule has 0 N–H and O–H groups in total. The molecule has 0 aromatic carbocycles. The van der Waals surface area contributed by atoms with Crippen molar-refractivity contribution in [1.82, 2.24) is 0 Å². The second kappa shape index (κ2) is 5.16. The Labute approximate surface area is 96.3 Å². The third-order valence-electron chi connectivity index (χ3n) is 3.05. The Morgan fingerprint density at radius 3 is 1.81 bits per heavy atom. The van der Waals surface area contributed by atoms with Crippen molar-refractivity contribution >= 4 is 0 Å². The SMILES string of the molecule is CC(CCC#N)C(C#N)(C#N)C(C)(C)C#N. The van der Waals surface area contributed by atoms with Crippen LogP contribution in [0.15, 0.2) is 0 Å². The van der Waals surface area contributed by atoms with Crippen LogP contribution in [0.3, 0.4) is 0 Å². The van der Waals surface area contributed by atoms with Crippen molar-refractivity contribution in [3.8, 4) is 24.3 Å². The first-order valence-electron chi connectivity index (χ1n) is 5.02. The van der Waals surface area contributed by atoms with E-state index in [4.69, 9.17) is 10.5 Å². The predicted molar refractivity (Wildman–Crippen MR) is 57.1 cm³/mol. The van der Waals surface area contributed by atoms with E-state index in [1.54, 1.807) is 20.8 Å². The molecule has 0 saturated carbocycles. The largest absolute Gasteiger partial charge is 0.198 e. The van der Waals surface area contributed by atoms with Gasteiger partial charge in [-0.15, -0.1) is 0 Å². The summed E-state index contributed by atoms with van der Waals surface area (Å²) in [5.41, 5.74) is -2.41. The number of nitrogens with zero attached hydrogens (tertiary/aromatic N) is 4. The molecule has 0 amide bonds. The summed E-state index contributed by atoms with van der Waals surface area (Å²) in [5, 5.41) is 36.0. The van der Waals surface area contributed by atoms with E-state index in [9.17, 15) is 10.5 Å². The average Bonchev–Trinajstić information content (AvgIpc) is 2.28. The van der Waals surface area contributed by atoms with Crippen LogP contribution >= 0.6 is 0 Å². The zero-order chi connectivity index (χ0) is 12.8. The first kappa shape index (κ1) is 14.0. The van der Waals surface area contributed by atoms with Crippen molar-refractivity contribution in [3.05, 3.63) is 0 Å². The van der Waals surface area contributed by atoms with Crippen LogP contribution in [0.2, 0.25) is 0 Å². The van der Waals surface area contributed by atoms with Crippen molar-refractivity contribution in [2.24, 2.45) is 16.7 Å². The van der Waals surface area contributed by atoms with Crippen LogP contribution in [0.1, 0.15) is 33.6 Å². The minimum absolute atomic E-state index is 0.286. The van der Waals surface area contributed by atoms with E-state index in [0.29, 0.717) is 6.42 Å². The fraction of sp³-hybridized carbons (Fsp3) is 0.667. The molecule has 0 saturated heterocycles.